The van der Waals surface area contributed by atoms with Gasteiger partial charge in [0.05, 0.1) is 0 Å². The van der Waals surface area contributed by atoms with E-state index in [4.69, 9.17) is 11.0 Å². The number of fused-ring (bicyclic) bond motifs is 1. The third kappa shape index (κ3) is 1.17. The van der Waals surface area contributed by atoms with E-state index in [1.807, 2.05) is 6.07 Å². The van der Waals surface area contributed by atoms with Crippen LogP contribution in [0.2, 0.25) is 0 Å². The van der Waals surface area contributed by atoms with Gasteiger partial charge in [0.1, 0.15) is 17.5 Å². The molecule has 2 N–H and O–H groups in total. The van der Waals surface area contributed by atoms with E-state index < -0.39 is 0 Å². The second-order valence-electron chi connectivity index (χ2n) is 3.28. The molecular formula is C11H9N3O. The minimum Gasteiger partial charge on any atom is -0.384 e. The van der Waals surface area contributed by atoms with Gasteiger partial charge in [-0.15, -0.1) is 0 Å². The lowest BCUT2D eigenvalue weighted by molar-refractivity contribution is 0.885. The van der Waals surface area contributed by atoms with E-state index in [1.54, 1.807) is 31.3 Å². The van der Waals surface area contributed by atoms with Gasteiger partial charge in [-0.3, -0.25) is 9.36 Å². The number of aromatic nitrogens is 1. The number of nitriles is 1. The van der Waals surface area contributed by atoms with Crippen molar-refractivity contribution in [1.29, 1.82) is 5.26 Å². The second kappa shape index (κ2) is 3.14. The van der Waals surface area contributed by atoms with E-state index in [2.05, 4.69) is 0 Å². The van der Waals surface area contributed by atoms with Crippen molar-refractivity contribution in [2.75, 3.05) is 5.73 Å². The van der Waals surface area contributed by atoms with Crippen molar-refractivity contribution in [1.82, 2.24) is 4.57 Å². The molecule has 0 atom stereocenters. The van der Waals surface area contributed by atoms with Crippen molar-refractivity contribution >= 4 is 16.6 Å². The summed E-state index contributed by atoms with van der Waals surface area (Å²) in [5.74, 6) is 0.209. The maximum absolute atomic E-state index is 11.8. The van der Waals surface area contributed by atoms with Gasteiger partial charge in [-0.25, -0.2) is 0 Å². The average molecular weight is 199 g/mol. The molecule has 0 aliphatic heterocycles. The Morgan fingerprint density at radius 2 is 1.93 bits per heavy atom. The van der Waals surface area contributed by atoms with Gasteiger partial charge in [0.15, 0.2) is 0 Å². The number of rotatable bonds is 0. The number of hydrogen-bond donors (Lipinski definition) is 1. The number of nitrogens with two attached hydrogens (primary N) is 1. The lowest BCUT2D eigenvalue weighted by Gasteiger charge is -2.08. The first-order chi connectivity index (χ1) is 7.16. The normalized spacial score (nSPS) is 10.1. The van der Waals surface area contributed by atoms with Crippen LogP contribution in [0.5, 0.6) is 0 Å². The molecule has 74 valence electrons. The Balaban J connectivity index is 3.14. The molecule has 15 heavy (non-hydrogen) atoms. The molecule has 0 bridgehead atoms. The molecule has 0 aliphatic carbocycles. The molecule has 0 fully saturated rings. The highest BCUT2D eigenvalue weighted by Crippen LogP contribution is 2.19. The van der Waals surface area contributed by atoms with Gasteiger partial charge >= 0.3 is 0 Å². The van der Waals surface area contributed by atoms with Crippen LogP contribution < -0.4 is 11.3 Å². The van der Waals surface area contributed by atoms with Crippen LogP contribution in [0.25, 0.3) is 10.8 Å². The highest BCUT2D eigenvalue weighted by Gasteiger charge is 2.10. The van der Waals surface area contributed by atoms with Gasteiger partial charge in [0, 0.05) is 17.8 Å². The quantitative estimate of drug-likeness (QED) is 0.687. The average Bonchev–Trinajstić information content (AvgIpc) is 2.27. The summed E-state index contributed by atoms with van der Waals surface area (Å²) in [7, 11) is 1.56. The molecule has 2 rings (SSSR count). The first-order valence-electron chi connectivity index (χ1n) is 4.44. The zero-order valence-corrected chi connectivity index (χ0v) is 8.19. The van der Waals surface area contributed by atoms with Crippen molar-refractivity contribution in [2.24, 2.45) is 7.05 Å². The first-order valence-corrected chi connectivity index (χ1v) is 4.44. The van der Waals surface area contributed by atoms with Crippen LogP contribution in [0, 0.1) is 11.3 Å². The highest BCUT2D eigenvalue weighted by atomic mass is 16.1. The fraction of sp³-hybridized carbons (Fsp3) is 0.0909. The van der Waals surface area contributed by atoms with E-state index in [-0.39, 0.29) is 11.4 Å². The Labute approximate surface area is 86.2 Å². The van der Waals surface area contributed by atoms with Crippen molar-refractivity contribution in [3.8, 4) is 6.07 Å². The van der Waals surface area contributed by atoms with Crippen LogP contribution in [0.3, 0.4) is 0 Å². The van der Waals surface area contributed by atoms with Crippen molar-refractivity contribution < 1.29 is 0 Å². The van der Waals surface area contributed by atoms with Gasteiger partial charge in [0.2, 0.25) is 0 Å². The van der Waals surface area contributed by atoms with Gasteiger partial charge in [-0.05, 0) is 6.07 Å². The summed E-state index contributed by atoms with van der Waals surface area (Å²) in [5.41, 5.74) is 5.88. The Morgan fingerprint density at radius 3 is 2.53 bits per heavy atom. The van der Waals surface area contributed by atoms with E-state index in [9.17, 15) is 4.79 Å². The molecule has 0 amide bonds. The predicted octanol–water partition coefficient (Wildman–Crippen LogP) is 0.992. The van der Waals surface area contributed by atoms with Crippen LogP contribution >= 0.6 is 0 Å². The molecule has 1 heterocycles. The van der Waals surface area contributed by atoms with Crippen molar-refractivity contribution in [3.05, 3.63) is 40.2 Å². The smallest absolute Gasteiger partial charge is 0.259 e. The minimum absolute atomic E-state index is 0.179. The number of anilines is 1. The van der Waals surface area contributed by atoms with Crippen molar-refractivity contribution in [2.45, 2.75) is 0 Å². The molecule has 4 heteroatoms. The molecule has 1 aromatic carbocycles. The van der Waals surface area contributed by atoms with Crippen molar-refractivity contribution in [3.63, 3.8) is 0 Å². The van der Waals surface area contributed by atoms with Crippen LogP contribution in [-0.4, -0.2) is 4.57 Å². The van der Waals surface area contributed by atoms with E-state index in [1.165, 1.54) is 4.57 Å². The van der Waals surface area contributed by atoms with E-state index >= 15 is 0 Å². The van der Waals surface area contributed by atoms with Crippen LogP contribution in [0.1, 0.15) is 5.56 Å². The van der Waals surface area contributed by atoms with Crippen LogP contribution in [-0.2, 0) is 7.05 Å². The summed E-state index contributed by atoms with van der Waals surface area (Å²) in [6.07, 6.45) is 0. The third-order valence-electron chi connectivity index (χ3n) is 2.46. The largest absolute Gasteiger partial charge is 0.384 e. The number of hydrogen-bond acceptors (Lipinski definition) is 3. The zero-order chi connectivity index (χ0) is 11.0. The second-order valence-corrected chi connectivity index (χ2v) is 3.28. The molecule has 0 radical (unpaired) electrons. The molecule has 0 saturated heterocycles. The van der Waals surface area contributed by atoms with Gasteiger partial charge in [-0.2, -0.15) is 5.26 Å². The monoisotopic (exact) mass is 199 g/mol. The zero-order valence-electron chi connectivity index (χ0n) is 8.19. The fourth-order valence-electron chi connectivity index (χ4n) is 1.60. The molecule has 0 saturated carbocycles. The van der Waals surface area contributed by atoms with Gasteiger partial charge in [0.25, 0.3) is 5.56 Å². The number of benzene rings is 1. The van der Waals surface area contributed by atoms with E-state index in [0.717, 1.165) is 0 Å². The highest BCUT2D eigenvalue weighted by molar-refractivity contribution is 5.90. The standard InChI is InChI=1S/C11H9N3O/c1-14-10(13)9(6-12)7-4-2-3-5-8(7)11(14)15/h2-5H,13H2,1H3. The van der Waals surface area contributed by atoms with Gasteiger partial charge in [-0.1, -0.05) is 18.2 Å². The molecule has 4 nitrogen and oxygen atoms in total. The Bertz CT molecular complexity index is 635. The first kappa shape index (κ1) is 9.28. The molecule has 2 aromatic rings. The summed E-state index contributed by atoms with van der Waals surface area (Å²) < 4.78 is 1.29. The summed E-state index contributed by atoms with van der Waals surface area (Å²) in [6, 6.07) is 8.99. The molecule has 0 aliphatic rings. The number of nitrogen functional groups attached to an aromatic ring is 1. The minimum atomic E-state index is -0.179. The van der Waals surface area contributed by atoms with E-state index in [0.29, 0.717) is 16.3 Å². The SMILES string of the molecule is Cn1c(N)c(C#N)c2ccccc2c1=O. The summed E-state index contributed by atoms with van der Waals surface area (Å²) in [4.78, 5) is 11.8. The Kier molecular flexibility index (Phi) is 1.94. The summed E-state index contributed by atoms with van der Waals surface area (Å²) in [5, 5.41) is 10.1. The number of pyridine rings is 1. The Morgan fingerprint density at radius 1 is 1.33 bits per heavy atom. The predicted molar refractivity (Wildman–Crippen MR) is 58.3 cm³/mol. The molecule has 1 aromatic heterocycles. The fourth-order valence-corrected chi connectivity index (χ4v) is 1.60. The summed E-state index contributed by atoms with van der Waals surface area (Å²) in [6.45, 7) is 0. The topological polar surface area (TPSA) is 71.8 Å². The lowest BCUT2D eigenvalue weighted by Crippen LogP contribution is -2.21. The number of nitrogens with zero attached hydrogens (tertiary/aromatic N) is 2. The Hall–Kier alpha value is -2.28. The maximum atomic E-state index is 11.8. The third-order valence-corrected chi connectivity index (χ3v) is 2.46. The summed E-state index contributed by atoms with van der Waals surface area (Å²) >= 11 is 0. The molecule has 0 unspecified atom stereocenters. The van der Waals surface area contributed by atoms with Crippen LogP contribution in [0.15, 0.2) is 29.1 Å². The molecule has 0 spiro atoms. The molecular weight excluding hydrogens is 190 g/mol. The van der Waals surface area contributed by atoms with Crippen LogP contribution in [0.4, 0.5) is 5.82 Å². The van der Waals surface area contributed by atoms with Gasteiger partial charge < -0.3 is 5.73 Å². The maximum Gasteiger partial charge on any atom is 0.259 e. The lowest BCUT2D eigenvalue weighted by atomic mass is 10.1.